The molecule has 0 aliphatic heterocycles. The molecule has 2 aromatic heterocycles. The number of halogens is 2. The lowest BCUT2D eigenvalue weighted by Crippen LogP contribution is -2.25. The van der Waals surface area contributed by atoms with Crippen molar-refractivity contribution in [2.45, 2.75) is 6.92 Å². The van der Waals surface area contributed by atoms with Crippen LogP contribution in [-0.4, -0.2) is 30.5 Å². The smallest absolute Gasteiger partial charge is 0.342 e. The molecule has 10 nitrogen and oxygen atoms in total. The van der Waals surface area contributed by atoms with Crippen LogP contribution in [-0.2, 0) is 7.05 Å². The zero-order chi connectivity index (χ0) is 20.6. The minimum atomic E-state index is -0.757. The van der Waals surface area contributed by atoms with E-state index in [-0.39, 0.29) is 38.6 Å². The van der Waals surface area contributed by atoms with Crippen molar-refractivity contribution in [2.75, 3.05) is 0 Å². The van der Waals surface area contributed by atoms with Crippen LogP contribution >= 0.6 is 23.2 Å². The summed E-state index contributed by atoms with van der Waals surface area (Å²) >= 11 is 12.4. The Kier molecular flexibility index (Phi) is 5.16. The second-order valence-corrected chi connectivity index (χ2v) is 6.44. The molecule has 2 N–H and O–H groups in total. The fourth-order valence-corrected chi connectivity index (χ4v) is 2.86. The third-order valence-electron chi connectivity index (χ3n) is 3.57. The maximum absolute atomic E-state index is 11.9. The topological polar surface area (TPSA) is 140 Å². The number of carbonyl (C=O) groups excluding carboxylic acids is 1. The number of hydrogen-bond donors (Lipinski definition) is 2. The van der Waals surface area contributed by atoms with Gasteiger partial charge in [0.15, 0.2) is 22.9 Å². The van der Waals surface area contributed by atoms with Crippen LogP contribution in [0.25, 0.3) is 11.3 Å². The Balaban J connectivity index is 2.05. The second kappa shape index (κ2) is 7.41. The van der Waals surface area contributed by atoms with Gasteiger partial charge in [-0.3, -0.25) is 19.4 Å². The molecule has 0 atom stereocenters. The van der Waals surface area contributed by atoms with Crippen molar-refractivity contribution in [3.63, 3.8) is 0 Å². The quantitative estimate of drug-likeness (QED) is 0.605. The van der Waals surface area contributed by atoms with Crippen LogP contribution < -0.4 is 21.5 Å². The van der Waals surface area contributed by atoms with Crippen molar-refractivity contribution in [3.05, 3.63) is 65.3 Å². The number of aromatic amines is 2. The number of Topliss-reactive ketones (excluding diaryl/α,β-unsaturated/α-hetero) is 1. The highest BCUT2D eigenvalue weighted by Crippen LogP contribution is 2.38. The van der Waals surface area contributed by atoms with E-state index in [2.05, 4.69) is 15.2 Å². The molecule has 1 aromatic carbocycles. The van der Waals surface area contributed by atoms with Crippen LogP contribution in [0.1, 0.15) is 17.4 Å². The molecule has 3 aromatic rings. The van der Waals surface area contributed by atoms with E-state index in [1.54, 1.807) is 0 Å². The number of H-pyrrole nitrogens is 2. The van der Waals surface area contributed by atoms with Crippen molar-refractivity contribution < 1.29 is 9.53 Å². The first-order valence-electron chi connectivity index (χ1n) is 7.62. The van der Waals surface area contributed by atoms with E-state index < -0.39 is 22.6 Å². The summed E-state index contributed by atoms with van der Waals surface area (Å²) in [5.41, 5.74) is -2.22. The molecule has 0 fully saturated rings. The van der Waals surface area contributed by atoms with Crippen LogP contribution in [0.2, 0.25) is 10.0 Å². The largest absolute Gasteiger partial charge is 0.434 e. The first-order valence-corrected chi connectivity index (χ1v) is 8.38. The first kappa shape index (κ1) is 19.5. The summed E-state index contributed by atoms with van der Waals surface area (Å²) in [6.45, 7) is 1.21. The minimum Gasteiger partial charge on any atom is -0.434 e. The number of ether oxygens (including phenoxy) is 1. The normalized spacial score (nSPS) is 10.7. The van der Waals surface area contributed by atoms with E-state index in [1.807, 2.05) is 4.98 Å². The van der Waals surface area contributed by atoms with E-state index in [9.17, 15) is 19.2 Å². The van der Waals surface area contributed by atoms with Gasteiger partial charge in [0, 0.05) is 19.5 Å². The van der Waals surface area contributed by atoms with Gasteiger partial charge < -0.3 is 9.30 Å². The van der Waals surface area contributed by atoms with E-state index in [0.717, 1.165) is 4.57 Å². The monoisotopic (exact) mass is 423 g/mol. The number of hydrogen-bond acceptors (Lipinski definition) is 7. The van der Waals surface area contributed by atoms with Gasteiger partial charge in [0.05, 0.1) is 16.2 Å². The van der Waals surface area contributed by atoms with Crippen LogP contribution in [0.3, 0.4) is 0 Å². The zero-order valence-electron chi connectivity index (χ0n) is 14.4. The summed E-state index contributed by atoms with van der Waals surface area (Å²) in [5, 5.41) is 5.80. The molecule has 0 unspecified atom stereocenters. The molecule has 0 spiro atoms. The first-order chi connectivity index (χ1) is 13.2. The number of aryl methyl sites for hydroxylation is 1. The Morgan fingerprint density at radius 1 is 1.18 bits per heavy atom. The highest BCUT2D eigenvalue weighted by atomic mass is 35.5. The number of nitrogens with one attached hydrogen (secondary N) is 2. The van der Waals surface area contributed by atoms with Crippen LogP contribution in [0.4, 0.5) is 0 Å². The van der Waals surface area contributed by atoms with E-state index in [0.29, 0.717) is 0 Å². The SMILES string of the molecule is CC(=O)c1nc(Oc2c(Cl)cc(-c3n[nH]c(=O)[nH]c3=O)cc2Cl)cn(C)c1=O. The molecule has 3 rings (SSSR count). The van der Waals surface area contributed by atoms with Crippen molar-refractivity contribution in [1.82, 2.24) is 24.7 Å². The van der Waals surface area contributed by atoms with Gasteiger partial charge in [-0.1, -0.05) is 23.2 Å². The average molecular weight is 424 g/mol. The molecule has 12 heteroatoms. The molecule has 28 heavy (non-hydrogen) atoms. The zero-order valence-corrected chi connectivity index (χ0v) is 15.9. The van der Waals surface area contributed by atoms with Crippen molar-refractivity contribution >= 4 is 29.0 Å². The fourth-order valence-electron chi connectivity index (χ4n) is 2.30. The third kappa shape index (κ3) is 3.73. The molecular weight excluding hydrogens is 413 g/mol. The predicted octanol–water partition coefficient (Wildman–Crippen LogP) is 1.52. The van der Waals surface area contributed by atoms with Crippen LogP contribution in [0.15, 0.2) is 32.7 Å². The maximum Gasteiger partial charge on any atom is 0.342 e. The predicted molar refractivity (Wildman–Crippen MR) is 100 cm³/mol. The molecular formula is C16H11Cl2N5O5. The van der Waals surface area contributed by atoms with E-state index in [4.69, 9.17) is 27.9 Å². The molecule has 0 aliphatic carbocycles. The van der Waals surface area contributed by atoms with Crippen LogP contribution in [0.5, 0.6) is 11.6 Å². The van der Waals surface area contributed by atoms with Crippen molar-refractivity contribution in [2.24, 2.45) is 7.05 Å². The number of benzene rings is 1. The number of nitrogens with zero attached hydrogens (tertiary/aromatic N) is 3. The maximum atomic E-state index is 11.9. The molecule has 2 heterocycles. The van der Waals surface area contributed by atoms with Crippen molar-refractivity contribution in [3.8, 4) is 22.9 Å². The molecule has 0 bridgehead atoms. The third-order valence-corrected chi connectivity index (χ3v) is 4.13. The molecule has 0 saturated carbocycles. The highest BCUT2D eigenvalue weighted by molar-refractivity contribution is 6.37. The standard InChI is InChI=1S/C16H11Cl2N5O5/c1-6(24)11-15(26)23(2)5-10(19-11)28-13-8(17)3-7(4-9(13)18)12-14(25)20-16(27)22-21-12/h3-5H,1-2H3,(H2,20,22,25,27). The molecule has 0 saturated heterocycles. The van der Waals surface area contributed by atoms with Gasteiger partial charge in [0.25, 0.3) is 11.1 Å². The second-order valence-electron chi connectivity index (χ2n) is 5.63. The van der Waals surface area contributed by atoms with Gasteiger partial charge in [-0.05, 0) is 12.1 Å². The summed E-state index contributed by atoms with van der Waals surface area (Å²) < 4.78 is 6.69. The summed E-state index contributed by atoms with van der Waals surface area (Å²) in [5.74, 6) is -0.612. The van der Waals surface area contributed by atoms with Gasteiger partial charge in [0.2, 0.25) is 5.88 Å². The van der Waals surface area contributed by atoms with Gasteiger partial charge in [-0.2, -0.15) is 5.10 Å². The summed E-state index contributed by atoms with van der Waals surface area (Å²) in [6.07, 6.45) is 1.27. The Bertz CT molecular complexity index is 1250. The Hall–Kier alpha value is -3.24. The van der Waals surface area contributed by atoms with E-state index >= 15 is 0 Å². The van der Waals surface area contributed by atoms with Gasteiger partial charge in [0.1, 0.15) is 0 Å². The lowest BCUT2D eigenvalue weighted by molar-refractivity contribution is 0.101. The van der Waals surface area contributed by atoms with Gasteiger partial charge in [-0.25, -0.2) is 14.9 Å². The molecule has 0 radical (unpaired) electrons. The number of carbonyl (C=O) groups is 1. The Morgan fingerprint density at radius 2 is 1.82 bits per heavy atom. The summed E-state index contributed by atoms with van der Waals surface area (Å²) in [7, 11) is 1.43. The number of ketones is 1. The highest BCUT2D eigenvalue weighted by Gasteiger charge is 2.17. The number of rotatable bonds is 4. The average Bonchev–Trinajstić information content (AvgIpc) is 2.60. The fraction of sp³-hybridized carbons (Fsp3) is 0.125. The lowest BCUT2D eigenvalue weighted by Gasteiger charge is -2.12. The van der Waals surface area contributed by atoms with Gasteiger partial charge in [-0.15, -0.1) is 0 Å². The van der Waals surface area contributed by atoms with Crippen LogP contribution in [0, 0.1) is 0 Å². The van der Waals surface area contributed by atoms with E-state index in [1.165, 1.54) is 32.3 Å². The number of aromatic nitrogens is 5. The molecule has 144 valence electrons. The lowest BCUT2D eigenvalue weighted by atomic mass is 10.1. The molecule has 0 amide bonds. The Labute approximate surface area is 165 Å². The molecule has 0 aliphatic rings. The summed E-state index contributed by atoms with van der Waals surface area (Å²) in [6, 6.07) is 2.71. The van der Waals surface area contributed by atoms with Crippen molar-refractivity contribution in [1.29, 1.82) is 0 Å². The van der Waals surface area contributed by atoms with Gasteiger partial charge >= 0.3 is 5.69 Å². The summed E-state index contributed by atoms with van der Waals surface area (Å²) in [4.78, 5) is 52.4. The Morgan fingerprint density at radius 3 is 2.39 bits per heavy atom. The minimum absolute atomic E-state index is 0.00594.